The molecule has 0 aromatic heterocycles. The smallest absolute Gasteiger partial charge is 0.227 e. The van der Waals surface area contributed by atoms with Crippen LogP contribution in [-0.2, 0) is 16.1 Å². The molecule has 146 valence electrons. The van der Waals surface area contributed by atoms with E-state index >= 15 is 0 Å². The van der Waals surface area contributed by atoms with Gasteiger partial charge in [-0.05, 0) is 49.6 Å². The van der Waals surface area contributed by atoms with Gasteiger partial charge in [-0.3, -0.25) is 14.4 Å². The molecule has 1 fully saturated rings. The first-order valence-electron chi connectivity index (χ1n) is 9.70. The molecule has 5 heteroatoms. The number of carbonyl (C=O) groups excluding carboxylic acids is 3. The van der Waals surface area contributed by atoms with Gasteiger partial charge in [-0.2, -0.15) is 0 Å². The number of hydrogen-bond donors (Lipinski definition) is 1. The lowest BCUT2D eigenvalue weighted by Crippen LogP contribution is -2.24. The fourth-order valence-corrected chi connectivity index (χ4v) is 3.40. The van der Waals surface area contributed by atoms with Gasteiger partial charge in [-0.15, -0.1) is 0 Å². The molecule has 1 aliphatic heterocycles. The molecule has 1 aliphatic rings. The van der Waals surface area contributed by atoms with Crippen molar-refractivity contribution < 1.29 is 14.4 Å². The van der Waals surface area contributed by atoms with Crippen LogP contribution in [-0.4, -0.2) is 24.1 Å². The molecule has 1 heterocycles. The summed E-state index contributed by atoms with van der Waals surface area (Å²) in [5.74, 6) is 0.0167. The molecule has 0 saturated carbocycles. The van der Waals surface area contributed by atoms with Crippen LogP contribution in [0, 0.1) is 13.8 Å². The molecule has 5 nitrogen and oxygen atoms in total. The van der Waals surface area contributed by atoms with Crippen LogP contribution in [0.25, 0.3) is 0 Å². The van der Waals surface area contributed by atoms with Crippen LogP contribution < -0.4 is 10.2 Å². The first-order chi connectivity index (χ1) is 13.4. The first-order valence-corrected chi connectivity index (χ1v) is 9.70. The van der Waals surface area contributed by atoms with Gasteiger partial charge in [-0.1, -0.05) is 29.8 Å². The Labute approximate surface area is 165 Å². The van der Waals surface area contributed by atoms with E-state index in [1.54, 1.807) is 4.90 Å². The Morgan fingerprint density at radius 2 is 1.79 bits per heavy atom. The molecule has 0 atom stereocenters. The third kappa shape index (κ3) is 4.85. The number of carbonyl (C=O) groups is 3. The van der Waals surface area contributed by atoms with E-state index in [2.05, 4.69) is 5.32 Å². The molecule has 2 amide bonds. The molecule has 2 aromatic carbocycles. The van der Waals surface area contributed by atoms with Gasteiger partial charge in [0.2, 0.25) is 11.8 Å². The van der Waals surface area contributed by atoms with E-state index in [9.17, 15) is 14.4 Å². The maximum absolute atomic E-state index is 12.4. The predicted molar refractivity (Wildman–Crippen MR) is 109 cm³/mol. The lowest BCUT2D eigenvalue weighted by atomic mass is 9.99. The molecule has 2 aromatic rings. The number of benzene rings is 2. The molecule has 0 radical (unpaired) electrons. The molecule has 0 unspecified atom stereocenters. The number of anilines is 1. The molecule has 3 rings (SSSR count). The van der Waals surface area contributed by atoms with E-state index in [0.717, 1.165) is 35.3 Å². The van der Waals surface area contributed by atoms with Gasteiger partial charge in [0.05, 0.1) is 0 Å². The summed E-state index contributed by atoms with van der Waals surface area (Å²) in [6, 6.07) is 13.4. The SMILES string of the molecule is Cc1ccc(C)c(C(=O)CCC(=O)NCc2ccc(N3CCCC3=O)cc2)c1. The van der Waals surface area contributed by atoms with Crippen molar-refractivity contribution >= 4 is 23.3 Å². The molecular formula is C23H26N2O3. The summed E-state index contributed by atoms with van der Waals surface area (Å²) < 4.78 is 0. The summed E-state index contributed by atoms with van der Waals surface area (Å²) in [4.78, 5) is 38.1. The maximum Gasteiger partial charge on any atom is 0.227 e. The van der Waals surface area contributed by atoms with E-state index in [1.165, 1.54) is 0 Å². The van der Waals surface area contributed by atoms with E-state index in [-0.39, 0.29) is 30.4 Å². The number of hydrogen-bond acceptors (Lipinski definition) is 3. The first kappa shape index (κ1) is 19.8. The van der Waals surface area contributed by atoms with Crippen molar-refractivity contribution in [2.24, 2.45) is 0 Å². The van der Waals surface area contributed by atoms with Crippen molar-refractivity contribution in [2.45, 2.75) is 46.1 Å². The third-order valence-corrected chi connectivity index (χ3v) is 5.08. The van der Waals surface area contributed by atoms with Gasteiger partial charge >= 0.3 is 0 Å². The van der Waals surface area contributed by atoms with Gasteiger partial charge in [-0.25, -0.2) is 0 Å². The molecule has 28 heavy (non-hydrogen) atoms. The van der Waals surface area contributed by atoms with Crippen molar-refractivity contribution in [1.29, 1.82) is 0 Å². The second-order valence-corrected chi connectivity index (χ2v) is 7.33. The Hall–Kier alpha value is -2.95. The van der Waals surface area contributed by atoms with Crippen LogP contribution in [0.1, 0.15) is 52.7 Å². The quantitative estimate of drug-likeness (QED) is 0.747. The van der Waals surface area contributed by atoms with Crippen molar-refractivity contribution in [3.63, 3.8) is 0 Å². The zero-order chi connectivity index (χ0) is 20.1. The highest BCUT2D eigenvalue weighted by atomic mass is 16.2. The lowest BCUT2D eigenvalue weighted by molar-refractivity contribution is -0.121. The summed E-state index contributed by atoms with van der Waals surface area (Å²) in [5.41, 5.74) is 4.53. The van der Waals surface area contributed by atoms with Gasteiger partial charge in [0, 0.05) is 43.6 Å². The Bertz CT molecular complexity index is 887. The van der Waals surface area contributed by atoms with Crippen LogP contribution in [0.4, 0.5) is 5.69 Å². The second kappa shape index (κ2) is 8.83. The van der Waals surface area contributed by atoms with Crippen LogP contribution >= 0.6 is 0 Å². The topological polar surface area (TPSA) is 66.5 Å². The number of amides is 2. The highest BCUT2D eigenvalue weighted by Crippen LogP contribution is 2.21. The van der Waals surface area contributed by atoms with Gasteiger partial charge < -0.3 is 10.2 Å². The van der Waals surface area contributed by atoms with Gasteiger partial charge in [0.15, 0.2) is 5.78 Å². The fourth-order valence-electron chi connectivity index (χ4n) is 3.40. The zero-order valence-electron chi connectivity index (χ0n) is 16.5. The van der Waals surface area contributed by atoms with E-state index in [0.29, 0.717) is 18.5 Å². The highest BCUT2D eigenvalue weighted by Gasteiger charge is 2.21. The van der Waals surface area contributed by atoms with Crippen molar-refractivity contribution in [1.82, 2.24) is 5.32 Å². The number of nitrogens with one attached hydrogen (secondary N) is 1. The highest BCUT2D eigenvalue weighted by molar-refractivity contribution is 5.99. The summed E-state index contributed by atoms with van der Waals surface area (Å²) >= 11 is 0. The molecule has 0 aliphatic carbocycles. The van der Waals surface area contributed by atoms with Crippen molar-refractivity contribution in [2.75, 3.05) is 11.4 Å². The van der Waals surface area contributed by atoms with Crippen molar-refractivity contribution in [3.05, 3.63) is 64.7 Å². The summed E-state index contributed by atoms with van der Waals surface area (Å²) in [6.07, 6.45) is 1.88. The Kier molecular flexibility index (Phi) is 6.24. The van der Waals surface area contributed by atoms with Crippen molar-refractivity contribution in [3.8, 4) is 0 Å². The Morgan fingerprint density at radius 1 is 1.04 bits per heavy atom. The monoisotopic (exact) mass is 378 g/mol. The molecule has 1 saturated heterocycles. The predicted octanol–water partition coefficient (Wildman–Crippen LogP) is 3.71. The second-order valence-electron chi connectivity index (χ2n) is 7.33. The van der Waals surface area contributed by atoms with Crippen LogP contribution in [0.2, 0.25) is 0 Å². The standard InChI is InChI=1S/C23H26N2O3/c1-16-5-6-17(2)20(14-16)21(26)11-12-22(27)24-15-18-7-9-19(10-8-18)25-13-3-4-23(25)28/h5-10,14H,3-4,11-13,15H2,1-2H3,(H,24,27). The molecule has 0 spiro atoms. The Balaban J connectivity index is 1.47. The largest absolute Gasteiger partial charge is 0.352 e. The van der Waals surface area contributed by atoms with Gasteiger partial charge in [0.25, 0.3) is 0 Å². The number of nitrogens with zero attached hydrogens (tertiary/aromatic N) is 1. The van der Waals surface area contributed by atoms with Crippen LogP contribution in [0.15, 0.2) is 42.5 Å². The number of ketones is 1. The minimum Gasteiger partial charge on any atom is -0.352 e. The lowest BCUT2D eigenvalue weighted by Gasteiger charge is -2.16. The summed E-state index contributed by atoms with van der Waals surface area (Å²) in [6.45, 7) is 5.04. The van der Waals surface area contributed by atoms with E-state index in [1.807, 2.05) is 56.3 Å². The minimum atomic E-state index is -0.141. The number of aryl methyl sites for hydroxylation is 2. The average molecular weight is 378 g/mol. The van der Waals surface area contributed by atoms with Crippen LogP contribution in [0.5, 0.6) is 0 Å². The molecule has 1 N–H and O–H groups in total. The summed E-state index contributed by atoms with van der Waals surface area (Å²) in [5, 5.41) is 2.86. The zero-order valence-corrected chi connectivity index (χ0v) is 16.5. The summed E-state index contributed by atoms with van der Waals surface area (Å²) in [7, 11) is 0. The normalized spacial score (nSPS) is 13.6. The van der Waals surface area contributed by atoms with Gasteiger partial charge in [0.1, 0.15) is 0 Å². The average Bonchev–Trinajstić information content (AvgIpc) is 3.12. The molecular weight excluding hydrogens is 352 g/mol. The number of rotatable bonds is 7. The Morgan fingerprint density at radius 3 is 2.46 bits per heavy atom. The fraction of sp³-hybridized carbons (Fsp3) is 0.348. The number of Topliss-reactive ketones (excluding diaryl/α,β-unsaturated/α-hetero) is 1. The third-order valence-electron chi connectivity index (χ3n) is 5.08. The molecule has 0 bridgehead atoms. The minimum absolute atomic E-state index is 0.00372. The van der Waals surface area contributed by atoms with E-state index in [4.69, 9.17) is 0 Å². The van der Waals surface area contributed by atoms with E-state index < -0.39 is 0 Å². The van der Waals surface area contributed by atoms with Crippen LogP contribution in [0.3, 0.4) is 0 Å². The maximum atomic E-state index is 12.4.